The molecular weight excluding hydrogens is 471 g/mol. The Kier molecular flexibility index (Phi) is 6.21. The Hall–Kier alpha value is -3.26. The molecule has 170 valence electrons. The molecule has 1 amide bonds. The van der Waals surface area contributed by atoms with Crippen molar-refractivity contribution in [2.75, 3.05) is 26.2 Å². The third kappa shape index (κ3) is 4.11. The van der Waals surface area contributed by atoms with Gasteiger partial charge in [0.2, 0.25) is 10.0 Å². The highest BCUT2D eigenvalue weighted by Gasteiger charge is 2.34. The van der Waals surface area contributed by atoms with Gasteiger partial charge in [0.05, 0.1) is 21.0 Å². The van der Waals surface area contributed by atoms with Crippen molar-refractivity contribution in [2.45, 2.75) is 11.8 Å². The average molecular weight is 489 g/mol. The normalized spacial score (nSPS) is 14.8. The molecule has 0 bridgehead atoms. The molecule has 11 heteroatoms. The molecule has 8 nitrogen and oxygen atoms in total. The molecule has 2 aromatic carbocycles. The zero-order chi connectivity index (χ0) is 23.8. The maximum Gasteiger partial charge on any atom is 0.259 e. The minimum absolute atomic E-state index is 0.00130. The maximum absolute atomic E-state index is 14.4. The lowest BCUT2D eigenvalue weighted by atomic mass is 10.0. The highest BCUT2D eigenvalue weighted by Crippen LogP contribution is 2.34. The van der Waals surface area contributed by atoms with E-state index in [0.717, 1.165) is 0 Å². The van der Waals surface area contributed by atoms with E-state index >= 15 is 0 Å². The molecular formula is C22H18ClFN4O4S. The van der Waals surface area contributed by atoms with Crippen LogP contribution in [0.1, 0.15) is 21.7 Å². The van der Waals surface area contributed by atoms with Crippen molar-refractivity contribution in [2.24, 2.45) is 0 Å². The lowest BCUT2D eigenvalue weighted by Crippen LogP contribution is -2.50. The Labute approximate surface area is 194 Å². The lowest BCUT2D eigenvalue weighted by molar-refractivity contribution is 0.0696. The zero-order valence-corrected chi connectivity index (χ0v) is 19.0. The minimum Gasteiger partial charge on any atom is -0.360 e. The first kappa shape index (κ1) is 22.9. The predicted molar refractivity (Wildman–Crippen MR) is 117 cm³/mol. The number of carbonyl (C=O) groups excluding carboxylic acids is 1. The number of amides is 1. The summed E-state index contributed by atoms with van der Waals surface area (Å²) >= 11 is 6.15. The summed E-state index contributed by atoms with van der Waals surface area (Å²) in [7, 11) is -3.90. The molecule has 0 aliphatic carbocycles. The number of hydrogen-bond acceptors (Lipinski definition) is 6. The van der Waals surface area contributed by atoms with Crippen molar-refractivity contribution in [1.29, 1.82) is 5.26 Å². The molecule has 4 rings (SSSR count). The third-order valence-electron chi connectivity index (χ3n) is 5.43. The predicted octanol–water partition coefficient (Wildman–Crippen LogP) is 3.46. The largest absolute Gasteiger partial charge is 0.360 e. The molecule has 33 heavy (non-hydrogen) atoms. The van der Waals surface area contributed by atoms with Gasteiger partial charge in [-0.1, -0.05) is 35.0 Å². The summed E-state index contributed by atoms with van der Waals surface area (Å²) < 4.78 is 46.9. The van der Waals surface area contributed by atoms with Crippen LogP contribution in [0.15, 0.2) is 51.9 Å². The second-order valence-electron chi connectivity index (χ2n) is 7.36. The molecule has 1 aliphatic rings. The number of rotatable bonds is 4. The Bertz CT molecular complexity index is 1360. The lowest BCUT2D eigenvalue weighted by Gasteiger charge is -2.34. The molecule has 1 aromatic heterocycles. The Morgan fingerprint density at radius 1 is 1.15 bits per heavy atom. The quantitative estimate of drug-likeness (QED) is 0.556. The van der Waals surface area contributed by atoms with E-state index in [9.17, 15) is 22.9 Å². The van der Waals surface area contributed by atoms with Gasteiger partial charge < -0.3 is 9.42 Å². The fraction of sp³-hybridized carbons (Fsp3) is 0.227. The number of aryl methyl sites for hydroxylation is 1. The van der Waals surface area contributed by atoms with Crippen LogP contribution in [0.2, 0.25) is 5.02 Å². The Morgan fingerprint density at radius 3 is 2.52 bits per heavy atom. The second-order valence-corrected chi connectivity index (χ2v) is 9.68. The van der Waals surface area contributed by atoms with E-state index < -0.39 is 21.7 Å². The highest BCUT2D eigenvalue weighted by molar-refractivity contribution is 7.89. The summed E-state index contributed by atoms with van der Waals surface area (Å²) in [4.78, 5) is 14.7. The molecule has 0 N–H and O–H groups in total. The smallest absolute Gasteiger partial charge is 0.259 e. The van der Waals surface area contributed by atoms with Crippen molar-refractivity contribution < 1.29 is 22.1 Å². The van der Waals surface area contributed by atoms with Crippen LogP contribution in [0, 0.1) is 24.1 Å². The highest BCUT2D eigenvalue weighted by atomic mass is 35.5. The van der Waals surface area contributed by atoms with Crippen LogP contribution >= 0.6 is 11.6 Å². The summed E-state index contributed by atoms with van der Waals surface area (Å²) in [6.07, 6.45) is 0. The van der Waals surface area contributed by atoms with Gasteiger partial charge in [-0.3, -0.25) is 4.79 Å². The number of carbonyl (C=O) groups is 1. The summed E-state index contributed by atoms with van der Waals surface area (Å²) in [6.45, 7) is 1.81. The van der Waals surface area contributed by atoms with E-state index in [-0.39, 0.29) is 64.2 Å². The van der Waals surface area contributed by atoms with Crippen molar-refractivity contribution >= 4 is 27.5 Å². The number of nitriles is 1. The number of benzene rings is 2. The number of nitrogens with zero attached hydrogens (tertiary/aromatic N) is 4. The van der Waals surface area contributed by atoms with E-state index in [0.29, 0.717) is 0 Å². The van der Waals surface area contributed by atoms with E-state index in [4.69, 9.17) is 16.1 Å². The molecule has 0 spiro atoms. The van der Waals surface area contributed by atoms with E-state index in [1.54, 1.807) is 12.1 Å². The van der Waals surface area contributed by atoms with Gasteiger partial charge in [0.15, 0.2) is 0 Å². The number of piperazine rings is 1. The van der Waals surface area contributed by atoms with Crippen molar-refractivity contribution in [3.05, 3.63) is 70.2 Å². The van der Waals surface area contributed by atoms with Gasteiger partial charge >= 0.3 is 0 Å². The zero-order valence-electron chi connectivity index (χ0n) is 17.5. The van der Waals surface area contributed by atoms with Crippen molar-refractivity contribution in [3.63, 3.8) is 0 Å². The first-order valence-electron chi connectivity index (χ1n) is 9.95. The summed E-state index contributed by atoms with van der Waals surface area (Å²) in [5.41, 5.74) is 0.0999. The van der Waals surface area contributed by atoms with Crippen LogP contribution in [-0.4, -0.2) is 54.9 Å². The van der Waals surface area contributed by atoms with Gasteiger partial charge in [0.25, 0.3) is 5.91 Å². The number of halogens is 2. The molecule has 1 saturated heterocycles. The Balaban J connectivity index is 1.57. The molecule has 0 saturated carbocycles. The van der Waals surface area contributed by atoms with E-state index in [1.165, 1.54) is 46.5 Å². The average Bonchev–Trinajstić information content (AvgIpc) is 3.19. The fourth-order valence-corrected chi connectivity index (χ4v) is 5.55. The molecule has 2 heterocycles. The van der Waals surface area contributed by atoms with Crippen LogP contribution in [0.25, 0.3) is 11.3 Å². The van der Waals surface area contributed by atoms with Crippen LogP contribution < -0.4 is 0 Å². The second kappa shape index (κ2) is 8.94. The van der Waals surface area contributed by atoms with E-state index in [2.05, 4.69) is 5.16 Å². The van der Waals surface area contributed by atoms with Crippen LogP contribution in [0.5, 0.6) is 0 Å². The maximum atomic E-state index is 14.4. The van der Waals surface area contributed by atoms with Gasteiger partial charge in [-0.15, -0.1) is 0 Å². The first-order chi connectivity index (χ1) is 15.8. The number of aromatic nitrogens is 1. The number of sulfonamides is 1. The summed E-state index contributed by atoms with van der Waals surface area (Å²) in [5, 5.41) is 13.2. The number of hydrogen-bond donors (Lipinski definition) is 0. The molecule has 3 aromatic rings. The molecule has 1 aliphatic heterocycles. The van der Waals surface area contributed by atoms with Crippen molar-refractivity contribution in [3.8, 4) is 17.3 Å². The molecule has 0 radical (unpaired) electrons. The van der Waals surface area contributed by atoms with E-state index in [1.807, 2.05) is 6.07 Å². The molecule has 0 unspecified atom stereocenters. The van der Waals surface area contributed by atoms with Gasteiger partial charge in [-0.2, -0.15) is 9.57 Å². The SMILES string of the molecule is Cc1onc(-c2c(F)cccc2Cl)c1C(=O)N1CCN(S(=O)(=O)c2ccccc2C#N)CC1. The standard InChI is InChI=1S/C22H18ClFN4O4S/c1-14-19(21(26-32-14)20-16(23)6-4-7-17(20)24)22(29)27-9-11-28(12-10-27)33(30,31)18-8-3-2-5-15(18)13-25/h2-8H,9-12H2,1H3. The van der Waals surface area contributed by atoms with Gasteiger partial charge in [-0.25, -0.2) is 12.8 Å². The van der Waals surface area contributed by atoms with Crippen molar-refractivity contribution in [1.82, 2.24) is 14.4 Å². The monoisotopic (exact) mass is 488 g/mol. The van der Waals surface area contributed by atoms with Crippen LogP contribution in [-0.2, 0) is 10.0 Å². The Morgan fingerprint density at radius 2 is 1.85 bits per heavy atom. The van der Waals surface area contributed by atoms with Gasteiger partial charge in [0.1, 0.15) is 28.9 Å². The minimum atomic E-state index is -3.90. The topological polar surface area (TPSA) is 108 Å². The van der Waals surface area contributed by atoms with Gasteiger partial charge in [0, 0.05) is 26.2 Å². The first-order valence-corrected chi connectivity index (χ1v) is 11.8. The fourth-order valence-electron chi connectivity index (χ4n) is 3.73. The molecule has 1 fully saturated rings. The summed E-state index contributed by atoms with van der Waals surface area (Å²) in [5.74, 6) is -0.901. The van der Waals surface area contributed by atoms with Crippen LogP contribution in [0.3, 0.4) is 0 Å². The summed E-state index contributed by atoms with van der Waals surface area (Å²) in [6, 6.07) is 12.0. The third-order valence-corrected chi connectivity index (χ3v) is 7.70. The molecule has 0 atom stereocenters. The van der Waals surface area contributed by atoms with Gasteiger partial charge in [-0.05, 0) is 31.2 Å². The van der Waals surface area contributed by atoms with Crippen LogP contribution in [0.4, 0.5) is 4.39 Å².